The first-order valence-electron chi connectivity index (χ1n) is 8.75. The van der Waals surface area contributed by atoms with Crippen LogP contribution in [0, 0.1) is 11.8 Å². The van der Waals surface area contributed by atoms with Crippen molar-refractivity contribution in [1.82, 2.24) is 0 Å². The summed E-state index contributed by atoms with van der Waals surface area (Å²) >= 11 is -1.83. The molecular formula is C21H33Cl2Zr. The van der Waals surface area contributed by atoms with E-state index in [1.807, 2.05) is 6.56 Å². The van der Waals surface area contributed by atoms with Crippen LogP contribution in [0.25, 0.3) is 0 Å². The Hall–Kier alpha value is 0.423. The van der Waals surface area contributed by atoms with Crippen molar-refractivity contribution in [2.45, 2.75) is 72.9 Å². The van der Waals surface area contributed by atoms with Crippen molar-refractivity contribution in [3.63, 3.8) is 0 Å². The number of rotatable bonds is 3. The number of hydrogen-bond donors (Lipinski definition) is 0. The van der Waals surface area contributed by atoms with Gasteiger partial charge in [0.15, 0.2) is 0 Å². The summed E-state index contributed by atoms with van der Waals surface area (Å²) in [4.78, 5) is 0. The molecule has 0 saturated carbocycles. The maximum atomic E-state index is 2.49. The van der Waals surface area contributed by atoms with Crippen LogP contribution in [0.15, 0.2) is 40.0 Å². The summed E-state index contributed by atoms with van der Waals surface area (Å²) < 4.78 is 4.62. The van der Waals surface area contributed by atoms with E-state index in [0.29, 0.717) is 11.8 Å². The minimum Gasteiger partial charge on any atom is -1.00 e. The molecule has 0 nitrogen and oxygen atoms in total. The summed E-state index contributed by atoms with van der Waals surface area (Å²) in [5.74, 6) is 1.37. The molecule has 0 aromatic rings. The van der Waals surface area contributed by atoms with E-state index in [4.69, 9.17) is 0 Å². The second kappa shape index (κ2) is 8.88. The van der Waals surface area contributed by atoms with Gasteiger partial charge in [-0.1, -0.05) is 0 Å². The Balaban J connectivity index is 0.00000264. The molecule has 0 heterocycles. The maximum Gasteiger partial charge on any atom is -1.00 e. The van der Waals surface area contributed by atoms with Gasteiger partial charge in [0.2, 0.25) is 0 Å². The minimum absolute atomic E-state index is 0. The fraction of sp³-hybridized carbons (Fsp3) is 0.619. The van der Waals surface area contributed by atoms with Crippen molar-refractivity contribution >= 4 is 0 Å². The molecule has 0 N–H and O–H groups in total. The maximum absolute atomic E-state index is 2.49. The number of allylic oxidation sites excluding steroid dienone is 8. The van der Waals surface area contributed by atoms with E-state index in [9.17, 15) is 0 Å². The Kier molecular flexibility index (Phi) is 9.03. The van der Waals surface area contributed by atoms with E-state index in [2.05, 4.69) is 69.2 Å². The summed E-state index contributed by atoms with van der Waals surface area (Å²) in [7, 11) is 0. The molecule has 0 bridgehead atoms. The van der Waals surface area contributed by atoms with Gasteiger partial charge in [-0.2, -0.15) is 0 Å². The van der Waals surface area contributed by atoms with Crippen molar-refractivity contribution in [3.8, 4) is 0 Å². The Morgan fingerprint density at radius 1 is 0.625 bits per heavy atom. The van der Waals surface area contributed by atoms with E-state index in [1.165, 1.54) is 0 Å². The van der Waals surface area contributed by atoms with E-state index in [1.54, 1.807) is 33.4 Å². The van der Waals surface area contributed by atoms with Crippen molar-refractivity contribution in [3.05, 3.63) is 40.0 Å². The molecule has 0 fully saturated rings. The summed E-state index contributed by atoms with van der Waals surface area (Å²) in [5, 5.41) is 0. The first-order valence-corrected chi connectivity index (χ1v) is 12.6. The summed E-state index contributed by atoms with van der Waals surface area (Å²) in [6.45, 7) is 24.0. The molecule has 0 aromatic heterocycles. The minimum atomic E-state index is -1.83. The Morgan fingerprint density at radius 3 is 1.08 bits per heavy atom. The van der Waals surface area contributed by atoms with Crippen LogP contribution in [0.2, 0.25) is 3.63 Å². The smallest absolute Gasteiger partial charge is 1.00 e. The molecule has 0 spiro atoms. The Labute approximate surface area is 170 Å². The van der Waals surface area contributed by atoms with Crippen molar-refractivity contribution < 1.29 is 46.6 Å². The molecule has 2 atom stereocenters. The molecule has 2 aliphatic carbocycles. The van der Waals surface area contributed by atoms with Gasteiger partial charge in [-0.3, -0.25) is 0 Å². The SMILES string of the molecule is CC1=C(C)C(C)[C]([Zr+2]([C]2=C(C)C(C)=C(C)C2C)[CH](C)C)=C1C.[Cl-].[Cl-]. The van der Waals surface area contributed by atoms with Crippen LogP contribution in [0.3, 0.4) is 0 Å². The van der Waals surface area contributed by atoms with Crippen LogP contribution in [-0.4, -0.2) is 0 Å². The van der Waals surface area contributed by atoms with Gasteiger partial charge in [0.05, 0.1) is 0 Å². The van der Waals surface area contributed by atoms with Crippen LogP contribution in [0.4, 0.5) is 0 Å². The molecule has 0 amide bonds. The molecule has 0 saturated heterocycles. The molecular weight excluding hydrogens is 414 g/mol. The largest absolute Gasteiger partial charge is 1.00 e. The van der Waals surface area contributed by atoms with Crippen LogP contribution in [-0.2, 0) is 21.8 Å². The predicted molar refractivity (Wildman–Crippen MR) is 95.6 cm³/mol. The van der Waals surface area contributed by atoms with Gasteiger partial charge in [-0.05, 0) is 0 Å². The van der Waals surface area contributed by atoms with Crippen LogP contribution >= 0.6 is 0 Å². The zero-order valence-corrected chi connectivity index (χ0v) is 21.0. The second-order valence-corrected chi connectivity index (χ2v) is 15.2. The van der Waals surface area contributed by atoms with E-state index in [-0.39, 0.29) is 24.8 Å². The third kappa shape index (κ3) is 3.74. The van der Waals surface area contributed by atoms with Gasteiger partial charge in [-0.15, -0.1) is 0 Å². The normalized spacial score (nSPS) is 24.1. The average Bonchev–Trinajstić information content (AvgIpc) is 2.76. The topological polar surface area (TPSA) is 0 Å². The summed E-state index contributed by atoms with van der Waals surface area (Å²) in [6.07, 6.45) is 0. The van der Waals surface area contributed by atoms with E-state index < -0.39 is 21.8 Å². The molecule has 0 radical (unpaired) electrons. The fourth-order valence-electron chi connectivity index (χ4n) is 4.37. The van der Waals surface area contributed by atoms with Crippen LogP contribution in [0.5, 0.6) is 0 Å². The molecule has 3 heteroatoms. The Morgan fingerprint density at radius 2 is 0.917 bits per heavy atom. The first-order chi connectivity index (χ1) is 10.1. The Bertz CT molecular complexity index is 580. The fourth-order valence-corrected chi connectivity index (χ4v) is 14.4. The van der Waals surface area contributed by atoms with Crippen molar-refractivity contribution in [1.29, 1.82) is 0 Å². The number of hydrogen-bond acceptors (Lipinski definition) is 0. The zero-order valence-electron chi connectivity index (χ0n) is 17.0. The van der Waals surface area contributed by atoms with Crippen LogP contribution < -0.4 is 24.8 Å². The molecule has 2 aliphatic rings. The average molecular weight is 448 g/mol. The molecule has 24 heavy (non-hydrogen) atoms. The van der Waals surface area contributed by atoms with Gasteiger partial charge < -0.3 is 24.8 Å². The van der Waals surface area contributed by atoms with E-state index in [0.717, 1.165) is 3.63 Å². The van der Waals surface area contributed by atoms with Crippen LogP contribution in [0.1, 0.15) is 69.2 Å². The van der Waals surface area contributed by atoms with Gasteiger partial charge in [0, 0.05) is 0 Å². The molecule has 0 aromatic carbocycles. The molecule has 135 valence electrons. The summed E-state index contributed by atoms with van der Waals surface area (Å²) in [5.41, 5.74) is 9.68. The van der Waals surface area contributed by atoms with Crippen molar-refractivity contribution in [2.24, 2.45) is 11.8 Å². The van der Waals surface area contributed by atoms with E-state index >= 15 is 0 Å². The summed E-state index contributed by atoms with van der Waals surface area (Å²) in [6, 6.07) is 0. The zero-order chi connectivity index (χ0) is 16.9. The molecule has 2 rings (SSSR count). The van der Waals surface area contributed by atoms with Gasteiger partial charge in [0.25, 0.3) is 0 Å². The van der Waals surface area contributed by atoms with Crippen molar-refractivity contribution in [2.75, 3.05) is 0 Å². The monoisotopic (exact) mass is 445 g/mol. The quantitative estimate of drug-likeness (QED) is 0.605. The molecule has 2 unspecified atom stereocenters. The first kappa shape index (κ1) is 24.4. The van der Waals surface area contributed by atoms with Gasteiger partial charge in [0.1, 0.15) is 0 Å². The third-order valence-corrected chi connectivity index (χ3v) is 16.1. The predicted octanol–water partition coefficient (Wildman–Crippen LogP) is 0.961. The van der Waals surface area contributed by atoms with Gasteiger partial charge in [-0.25, -0.2) is 0 Å². The third-order valence-electron chi connectivity index (χ3n) is 6.44. The number of halogens is 2. The van der Waals surface area contributed by atoms with Gasteiger partial charge >= 0.3 is 146 Å². The standard InChI is InChI=1S/2C9H13.C3H7.2ClH.Zr/c2*1-6-5-7(2)9(4)8(6)3;1-3-2;;;/h2*6H,1-4H3;3H,1-2H3;2*1H;/q;;;;;+2/p-2. The second-order valence-electron chi connectivity index (χ2n) is 7.71. The molecule has 0 aliphatic heterocycles.